The molecule has 2 N–H and O–H groups in total. The van der Waals surface area contributed by atoms with Gasteiger partial charge in [-0.05, 0) is 54.9 Å². The topological polar surface area (TPSA) is 154 Å². The van der Waals surface area contributed by atoms with Gasteiger partial charge in [-0.15, -0.1) is 11.8 Å². The average molecular weight is 837 g/mol. The molecule has 0 aliphatic carbocycles. The molecular formula is C42H64N2O9S3. The number of rotatable bonds is 30. The highest BCUT2D eigenvalue weighted by Gasteiger charge is 2.34. The molecule has 1 aromatic heterocycles. The molecule has 4 atom stereocenters. The van der Waals surface area contributed by atoms with Crippen molar-refractivity contribution in [2.45, 2.75) is 135 Å². The lowest BCUT2D eigenvalue weighted by molar-refractivity contribution is -0.151. The molecule has 14 heteroatoms. The fourth-order valence-electron chi connectivity index (χ4n) is 6.29. The van der Waals surface area contributed by atoms with Crippen LogP contribution in [0.3, 0.4) is 0 Å². The van der Waals surface area contributed by atoms with E-state index in [4.69, 9.17) is 26.4 Å². The zero-order valence-electron chi connectivity index (χ0n) is 33.8. The van der Waals surface area contributed by atoms with Gasteiger partial charge >= 0.3 is 23.6 Å². The van der Waals surface area contributed by atoms with Gasteiger partial charge in [0.25, 0.3) is 5.56 Å². The van der Waals surface area contributed by atoms with Crippen molar-refractivity contribution in [1.82, 2.24) is 9.55 Å². The Bertz CT molecular complexity index is 1560. The number of hydrogen-bond acceptors (Lipinski definition) is 11. The molecule has 1 heterocycles. The third-order valence-electron chi connectivity index (χ3n) is 9.65. The van der Waals surface area contributed by atoms with E-state index >= 15 is 0 Å². The molecule has 314 valence electrons. The Hall–Kier alpha value is -2.94. The maximum absolute atomic E-state index is 13.8. The first kappa shape index (κ1) is 49.2. The predicted molar refractivity (Wildman–Crippen MR) is 231 cm³/mol. The highest BCUT2D eigenvalue weighted by molar-refractivity contribution is 8.47. The van der Waals surface area contributed by atoms with Crippen LogP contribution in [0.15, 0.2) is 46.1 Å². The number of thiocarbonyl (C=S) groups is 1. The van der Waals surface area contributed by atoms with Crippen LogP contribution in [-0.4, -0.2) is 74.0 Å². The number of esters is 2. The Morgan fingerprint density at radius 2 is 1.43 bits per heavy atom. The van der Waals surface area contributed by atoms with E-state index in [0.717, 1.165) is 36.1 Å². The lowest BCUT2D eigenvalue weighted by Crippen LogP contribution is -2.31. The van der Waals surface area contributed by atoms with E-state index in [2.05, 4.69) is 11.9 Å². The minimum Gasteiger partial charge on any atom is -0.481 e. The summed E-state index contributed by atoms with van der Waals surface area (Å²) in [6.45, 7) is 6.60. The van der Waals surface area contributed by atoms with Crippen molar-refractivity contribution in [1.29, 1.82) is 0 Å². The number of methoxy groups -OCH3 is 1. The number of carbonyl (C=O) groups is 3. The van der Waals surface area contributed by atoms with Crippen LogP contribution >= 0.6 is 35.7 Å². The molecule has 0 aliphatic heterocycles. The van der Waals surface area contributed by atoms with E-state index in [1.807, 2.05) is 31.2 Å². The van der Waals surface area contributed by atoms with Crippen molar-refractivity contribution < 1.29 is 33.7 Å². The first-order valence-corrected chi connectivity index (χ1v) is 22.5. The van der Waals surface area contributed by atoms with E-state index in [-0.39, 0.29) is 51.5 Å². The van der Waals surface area contributed by atoms with Crippen LogP contribution < -0.4 is 11.2 Å². The number of nitrogens with zero attached hydrogens (tertiary/aromatic N) is 1. The zero-order valence-corrected chi connectivity index (χ0v) is 36.3. The van der Waals surface area contributed by atoms with E-state index in [1.165, 1.54) is 87.1 Å². The van der Waals surface area contributed by atoms with Gasteiger partial charge in [-0.25, -0.2) is 4.79 Å². The number of aromatic nitrogens is 2. The molecule has 0 fully saturated rings. The number of hydrogen-bond donors (Lipinski definition) is 2. The molecule has 0 aliphatic rings. The fraction of sp³-hybridized carbons (Fsp3) is 0.667. The summed E-state index contributed by atoms with van der Waals surface area (Å²) in [6.07, 6.45) is 16.0. The van der Waals surface area contributed by atoms with Gasteiger partial charge in [-0.3, -0.25) is 28.7 Å². The lowest BCUT2D eigenvalue weighted by Gasteiger charge is -2.27. The van der Waals surface area contributed by atoms with Crippen molar-refractivity contribution in [3.8, 4) is 0 Å². The Morgan fingerprint density at radius 1 is 0.804 bits per heavy atom. The molecular weight excluding hydrogens is 773 g/mol. The summed E-state index contributed by atoms with van der Waals surface area (Å²) in [5.74, 6) is -2.92. The van der Waals surface area contributed by atoms with Crippen LogP contribution in [-0.2, 0) is 35.1 Å². The summed E-state index contributed by atoms with van der Waals surface area (Å²) in [4.78, 5) is 65.4. The molecule has 0 spiro atoms. The van der Waals surface area contributed by atoms with Crippen LogP contribution in [0.25, 0.3) is 0 Å². The molecule has 0 saturated carbocycles. The third-order valence-corrected chi connectivity index (χ3v) is 12.5. The second-order valence-corrected chi connectivity index (χ2v) is 17.9. The first-order chi connectivity index (χ1) is 27.0. The highest BCUT2D eigenvalue weighted by Crippen LogP contribution is 2.36. The van der Waals surface area contributed by atoms with Gasteiger partial charge in [0.2, 0.25) is 0 Å². The average Bonchev–Trinajstić information content (AvgIpc) is 3.17. The van der Waals surface area contributed by atoms with E-state index in [9.17, 15) is 29.1 Å². The largest absolute Gasteiger partial charge is 0.481 e. The van der Waals surface area contributed by atoms with Gasteiger partial charge in [0.05, 0.1) is 31.6 Å². The molecule has 11 nitrogen and oxygen atoms in total. The molecule has 56 heavy (non-hydrogen) atoms. The summed E-state index contributed by atoms with van der Waals surface area (Å²) < 4.78 is 18.4. The third kappa shape index (κ3) is 20.5. The number of unbranched alkanes of at least 4 members (excludes halogenated alkanes) is 10. The zero-order chi connectivity index (χ0) is 41.1. The number of carboxylic acids is 1. The van der Waals surface area contributed by atoms with Crippen molar-refractivity contribution in [2.24, 2.45) is 11.8 Å². The summed E-state index contributed by atoms with van der Waals surface area (Å²) in [7, 11) is 1.51. The number of benzene rings is 1. The van der Waals surface area contributed by atoms with Gasteiger partial charge in [0, 0.05) is 19.4 Å². The second kappa shape index (κ2) is 29.3. The molecule has 0 saturated heterocycles. The summed E-state index contributed by atoms with van der Waals surface area (Å²) >= 11 is 8.58. The van der Waals surface area contributed by atoms with Crippen molar-refractivity contribution in [3.63, 3.8) is 0 Å². The van der Waals surface area contributed by atoms with Gasteiger partial charge in [0.15, 0.2) is 0 Å². The molecule has 0 amide bonds. The number of nitrogens with one attached hydrogen (secondary N) is 1. The van der Waals surface area contributed by atoms with Gasteiger partial charge < -0.3 is 19.3 Å². The summed E-state index contributed by atoms with van der Waals surface area (Å²) in [6, 6.07) is 8.68. The quantitative estimate of drug-likeness (QED) is 0.0439. The molecule has 4 unspecified atom stereocenters. The van der Waals surface area contributed by atoms with Crippen LogP contribution in [0.5, 0.6) is 0 Å². The highest BCUT2D eigenvalue weighted by atomic mass is 32.2. The van der Waals surface area contributed by atoms with E-state index in [0.29, 0.717) is 9.95 Å². The number of carbonyl (C=O) groups excluding carboxylic acids is 2. The van der Waals surface area contributed by atoms with Crippen LogP contribution in [0.4, 0.5) is 0 Å². The monoisotopic (exact) mass is 836 g/mol. The van der Waals surface area contributed by atoms with Gasteiger partial charge in [0.1, 0.15) is 15.4 Å². The number of ether oxygens (including phenoxy) is 3. The van der Waals surface area contributed by atoms with Crippen LogP contribution in [0, 0.1) is 11.8 Å². The lowest BCUT2D eigenvalue weighted by atomic mass is 9.81. The first-order valence-electron chi connectivity index (χ1n) is 20.3. The molecule has 0 radical (unpaired) electrons. The Morgan fingerprint density at radius 3 is 2.04 bits per heavy atom. The number of aromatic amines is 1. The normalized spacial score (nSPS) is 13.4. The van der Waals surface area contributed by atoms with Crippen LogP contribution in [0.2, 0.25) is 0 Å². The van der Waals surface area contributed by atoms with Crippen molar-refractivity contribution in [2.75, 3.05) is 32.7 Å². The fourth-order valence-corrected chi connectivity index (χ4v) is 9.00. The maximum Gasteiger partial charge on any atom is 0.328 e. The second-order valence-electron chi connectivity index (χ2n) is 14.4. The van der Waals surface area contributed by atoms with Crippen LogP contribution in [0.1, 0.15) is 134 Å². The standard InChI is InChI=1S/C42H64N2O9S3/c1-5-7-9-10-11-12-13-14-15-16-26-55-42(54)56-36(40(49)52-23-8-6-2)29-35(39(48)53-25-24-51-4)28-34(27-31(3)38(46)47)33-19-17-32(18-20-33)30-44-22-21-37(45)43-41(44)50/h17-22,31,34-36H,5-16,23-30H2,1-4H3,(H,46,47)(H,43,45,50). The number of aliphatic carboxylic acids is 1. The Balaban J connectivity index is 2.24. The molecule has 2 rings (SSSR count). The molecule has 2 aromatic rings. The van der Waals surface area contributed by atoms with Crippen molar-refractivity contribution in [3.05, 3.63) is 68.5 Å². The van der Waals surface area contributed by atoms with E-state index in [1.54, 1.807) is 18.7 Å². The summed E-state index contributed by atoms with van der Waals surface area (Å²) in [5, 5.41) is 9.12. The number of carboxylic acid groups (broad SMARTS) is 1. The van der Waals surface area contributed by atoms with Gasteiger partial charge in [-0.1, -0.05) is 133 Å². The Labute approximate surface area is 346 Å². The minimum atomic E-state index is -0.957. The maximum atomic E-state index is 13.8. The SMILES string of the molecule is CCCCCCCCCCCCSC(=S)SC(CC(CC(CC(C)C(=O)O)c1ccc(Cn2ccc(=O)[nH]c2=O)cc1)C(=O)OCCOC)C(=O)OCCCC. The van der Waals surface area contributed by atoms with Gasteiger partial charge in [-0.2, -0.15) is 0 Å². The number of thioether (sulfide) groups is 2. The molecule has 0 bridgehead atoms. The smallest absolute Gasteiger partial charge is 0.328 e. The summed E-state index contributed by atoms with van der Waals surface area (Å²) in [5.41, 5.74) is 0.593. The predicted octanol–water partition coefficient (Wildman–Crippen LogP) is 8.75. The number of H-pyrrole nitrogens is 1. The molecule has 1 aromatic carbocycles. The van der Waals surface area contributed by atoms with E-state index < -0.39 is 46.2 Å². The minimum absolute atomic E-state index is 0.0344. The van der Waals surface area contributed by atoms with Crippen molar-refractivity contribution >= 4 is 57.2 Å². The Kier molecular flexibility index (Phi) is 25.7.